The third-order valence-corrected chi connectivity index (χ3v) is 6.90. The Morgan fingerprint density at radius 2 is 1.82 bits per heavy atom. The van der Waals surface area contributed by atoms with Gasteiger partial charge in [-0.25, -0.2) is 13.4 Å². The second-order valence-electron chi connectivity index (χ2n) is 5.69. The number of thiazole rings is 1. The number of carbonyl (C=O) groups is 2. The Balaban J connectivity index is 1.93. The van der Waals surface area contributed by atoms with Crippen LogP contribution in [0.1, 0.15) is 22.3 Å². The summed E-state index contributed by atoms with van der Waals surface area (Å²) in [4.78, 5) is 32.2. The van der Waals surface area contributed by atoms with Gasteiger partial charge in [-0.2, -0.15) is 0 Å². The van der Waals surface area contributed by atoms with E-state index in [0.717, 1.165) is 0 Å². The van der Waals surface area contributed by atoms with E-state index < -0.39 is 21.9 Å². The lowest BCUT2D eigenvalue weighted by molar-refractivity contribution is -0.133. The molecule has 0 bridgehead atoms. The van der Waals surface area contributed by atoms with Gasteiger partial charge in [-0.1, -0.05) is 0 Å². The number of fused-ring (bicyclic) bond motifs is 1. The molecule has 2 aliphatic rings. The molecule has 0 saturated carbocycles. The van der Waals surface area contributed by atoms with E-state index >= 15 is 0 Å². The fraction of sp³-hybridized carbons (Fsp3) is 0.615. The van der Waals surface area contributed by atoms with Crippen LogP contribution in [-0.4, -0.2) is 71.7 Å². The maximum Gasteiger partial charge on any atom is 0.266 e. The predicted molar refractivity (Wildman–Crippen MR) is 81.5 cm³/mol. The van der Waals surface area contributed by atoms with Gasteiger partial charge in [0.25, 0.3) is 5.91 Å². The van der Waals surface area contributed by atoms with Gasteiger partial charge in [0.05, 0.1) is 34.8 Å². The van der Waals surface area contributed by atoms with Crippen molar-refractivity contribution in [1.82, 2.24) is 14.8 Å². The third kappa shape index (κ3) is 2.52. The summed E-state index contributed by atoms with van der Waals surface area (Å²) in [5, 5.41) is 0. The van der Waals surface area contributed by atoms with Crippen molar-refractivity contribution in [3.8, 4) is 0 Å². The highest BCUT2D eigenvalue weighted by Gasteiger charge is 2.49. The SMILES string of the molecule is CC(=O)N1CCN(C(=O)c2scnc2C)[C@H]2CS(=O)(=O)C[C@H]21. The number of hydrogen-bond acceptors (Lipinski definition) is 6. The summed E-state index contributed by atoms with van der Waals surface area (Å²) in [6.07, 6.45) is 0. The van der Waals surface area contributed by atoms with Gasteiger partial charge in [0.15, 0.2) is 9.84 Å². The molecule has 2 saturated heterocycles. The summed E-state index contributed by atoms with van der Waals surface area (Å²) >= 11 is 1.26. The van der Waals surface area contributed by atoms with Crippen molar-refractivity contribution in [3.05, 3.63) is 16.1 Å². The molecule has 120 valence electrons. The second kappa shape index (κ2) is 5.31. The third-order valence-electron chi connectivity index (χ3n) is 4.28. The Hall–Kier alpha value is -1.48. The molecule has 0 unspecified atom stereocenters. The standard InChI is InChI=1S/C13H17N3O4S2/c1-8-12(21-7-14-8)13(18)16-4-3-15(9(2)17)10-5-22(19,20)6-11(10)16/h7,10-11H,3-6H2,1-2H3/t10-,11+/m1/s1. The van der Waals surface area contributed by atoms with Crippen LogP contribution in [0.3, 0.4) is 0 Å². The van der Waals surface area contributed by atoms with Gasteiger partial charge in [0.1, 0.15) is 4.88 Å². The Morgan fingerprint density at radius 1 is 1.23 bits per heavy atom. The van der Waals surface area contributed by atoms with E-state index in [-0.39, 0.29) is 23.3 Å². The number of carbonyl (C=O) groups excluding carboxylic acids is 2. The molecule has 2 atom stereocenters. The van der Waals surface area contributed by atoms with E-state index in [4.69, 9.17) is 0 Å². The molecule has 2 aliphatic heterocycles. The Kier molecular flexibility index (Phi) is 3.72. The van der Waals surface area contributed by atoms with Crippen LogP contribution in [0.2, 0.25) is 0 Å². The van der Waals surface area contributed by atoms with Crippen LogP contribution in [0.25, 0.3) is 0 Å². The Morgan fingerprint density at radius 3 is 2.36 bits per heavy atom. The van der Waals surface area contributed by atoms with E-state index in [9.17, 15) is 18.0 Å². The van der Waals surface area contributed by atoms with E-state index in [0.29, 0.717) is 23.7 Å². The molecule has 2 amide bonds. The predicted octanol–water partition coefficient (Wildman–Crippen LogP) is -0.0786. The fourth-order valence-electron chi connectivity index (χ4n) is 3.23. The summed E-state index contributed by atoms with van der Waals surface area (Å²) in [7, 11) is -3.24. The highest BCUT2D eigenvalue weighted by atomic mass is 32.2. The maximum absolute atomic E-state index is 12.7. The van der Waals surface area contributed by atoms with E-state index in [2.05, 4.69) is 4.98 Å². The zero-order valence-electron chi connectivity index (χ0n) is 12.4. The van der Waals surface area contributed by atoms with Crippen molar-refractivity contribution < 1.29 is 18.0 Å². The normalized spacial score (nSPS) is 26.8. The summed E-state index contributed by atoms with van der Waals surface area (Å²) in [5.41, 5.74) is 2.26. The lowest BCUT2D eigenvalue weighted by Gasteiger charge is -2.43. The average molecular weight is 343 g/mol. The molecule has 7 nitrogen and oxygen atoms in total. The first-order valence-corrected chi connectivity index (χ1v) is 9.69. The largest absolute Gasteiger partial charge is 0.335 e. The first kappa shape index (κ1) is 15.4. The van der Waals surface area contributed by atoms with Gasteiger partial charge in [-0.15, -0.1) is 11.3 Å². The molecular formula is C13H17N3O4S2. The van der Waals surface area contributed by atoms with Crippen molar-refractivity contribution in [3.63, 3.8) is 0 Å². The Labute approximate surface area is 132 Å². The quantitative estimate of drug-likeness (QED) is 0.712. The average Bonchev–Trinajstić information content (AvgIpc) is 2.98. The fourth-order valence-corrected chi connectivity index (χ4v) is 5.97. The molecule has 1 aromatic rings. The van der Waals surface area contributed by atoms with Crippen molar-refractivity contribution in [2.45, 2.75) is 25.9 Å². The van der Waals surface area contributed by atoms with Gasteiger partial charge < -0.3 is 9.80 Å². The van der Waals surface area contributed by atoms with Gasteiger partial charge in [0, 0.05) is 20.0 Å². The van der Waals surface area contributed by atoms with E-state index in [1.807, 2.05) is 0 Å². The zero-order valence-corrected chi connectivity index (χ0v) is 14.0. The van der Waals surface area contributed by atoms with Crippen LogP contribution in [0.4, 0.5) is 0 Å². The molecule has 0 radical (unpaired) electrons. The number of sulfone groups is 1. The molecule has 3 heterocycles. The minimum Gasteiger partial charge on any atom is -0.335 e. The molecule has 0 aromatic carbocycles. The monoisotopic (exact) mass is 343 g/mol. The van der Waals surface area contributed by atoms with Gasteiger partial charge >= 0.3 is 0 Å². The minimum absolute atomic E-state index is 0.0668. The van der Waals surface area contributed by atoms with Crippen molar-refractivity contribution >= 4 is 33.0 Å². The molecule has 2 fully saturated rings. The molecule has 1 aromatic heterocycles. The number of hydrogen-bond donors (Lipinski definition) is 0. The smallest absolute Gasteiger partial charge is 0.266 e. The minimum atomic E-state index is -3.24. The number of rotatable bonds is 1. The van der Waals surface area contributed by atoms with Crippen LogP contribution in [0, 0.1) is 6.92 Å². The number of amides is 2. The highest BCUT2D eigenvalue weighted by molar-refractivity contribution is 7.91. The summed E-state index contributed by atoms with van der Waals surface area (Å²) < 4.78 is 24.0. The molecule has 0 N–H and O–H groups in total. The molecule has 22 heavy (non-hydrogen) atoms. The molecule has 0 spiro atoms. The van der Waals surface area contributed by atoms with Crippen molar-refractivity contribution in [2.24, 2.45) is 0 Å². The van der Waals surface area contributed by atoms with Gasteiger partial charge in [-0.3, -0.25) is 9.59 Å². The number of aromatic nitrogens is 1. The van der Waals surface area contributed by atoms with Crippen LogP contribution in [0.15, 0.2) is 5.51 Å². The first-order valence-electron chi connectivity index (χ1n) is 6.99. The van der Waals surface area contributed by atoms with Crippen LogP contribution in [-0.2, 0) is 14.6 Å². The summed E-state index contributed by atoms with van der Waals surface area (Å²) in [5.74, 6) is -0.475. The lowest BCUT2D eigenvalue weighted by atomic mass is 10.0. The topological polar surface area (TPSA) is 87.7 Å². The maximum atomic E-state index is 12.7. The van der Waals surface area contributed by atoms with Crippen LogP contribution >= 0.6 is 11.3 Å². The summed E-state index contributed by atoms with van der Waals surface area (Å²) in [6, 6.07) is -0.898. The van der Waals surface area contributed by atoms with E-state index in [1.165, 1.54) is 18.3 Å². The summed E-state index contributed by atoms with van der Waals surface area (Å²) in [6.45, 7) is 3.92. The van der Waals surface area contributed by atoms with Gasteiger partial charge in [0.2, 0.25) is 5.91 Å². The molecule has 3 rings (SSSR count). The van der Waals surface area contributed by atoms with Crippen LogP contribution in [0.5, 0.6) is 0 Å². The first-order chi connectivity index (χ1) is 10.3. The number of aryl methyl sites for hydroxylation is 1. The van der Waals surface area contributed by atoms with Crippen LogP contribution < -0.4 is 0 Å². The number of nitrogens with zero attached hydrogens (tertiary/aromatic N) is 3. The lowest BCUT2D eigenvalue weighted by Crippen LogP contribution is -2.61. The van der Waals surface area contributed by atoms with E-state index in [1.54, 1.807) is 22.2 Å². The highest BCUT2D eigenvalue weighted by Crippen LogP contribution is 2.29. The number of piperazine rings is 1. The molecular weight excluding hydrogens is 326 g/mol. The molecule has 0 aliphatic carbocycles. The Bertz CT molecular complexity index is 727. The molecule has 9 heteroatoms. The second-order valence-corrected chi connectivity index (χ2v) is 8.70. The zero-order chi connectivity index (χ0) is 16.1. The van der Waals surface area contributed by atoms with Crippen molar-refractivity contribution in [2.75, 3.05) is 24.6 Å². The van der Waals surface area contributed by atoms with Gasteiger partial charge in [-0.05, 0) is 6.92 Å². The van der Waals surface area contributed by atoms with Crippen molar-refractivity contribution in [1.29, 1.82) is 0 Å².